The first-order chi connectivity index (χ1) is 11.7. The minimum atomic E-state index is -0.0989. The molecule has 2 heterocycles. The predicted octanol–water partition coefficient (Wildman–Crippen LogP) is 3.29. The van der Waals surface area contributed by atoms with Gasteiger partial charge >= 0.3 is 0 Å². The van der Waals surface area contributed by atoms with E-state index in [0.717, 1.165) is 31.1 Å². The molecule has 1 fully saturated rings. The van der Waals surface area contributed by atoms with Crippen molar-refractivity contribution in [3.63, 3.8) is 0 Å². The summed E-state index contributed by atoms with van der Waals surface area (Å²) in [4.78, 5) is 18.9. The van der Waals surface area contributed by atoms with E-state index in [4.69, 9.17) is 0 Å². The molecule has 24 heavy (non-hydrogen) atoms. The van der Waals surface area contributed by atoms with Crippen LogP contribution in [0.5, 0.6) is 0 Å². The van der Waals surface area contributed by atoms with Gasteiger partial charge in [-0.05, 0) is 42.9 Å². The highest BCUT2D eigenvalue weighted by Crippen LogP contribution is 2.22. The lowest BCUT2D eigenvalue weighted by molar-refractivity contribution is 0.0949. The molecule has 1 aliphatic rings. The van der Waals surface area contributed by atoms with Crippen LogP contribution in [0.15, 0.2) is 48.7 Å². The third kappa shape index (κ3) is 4.34. The summed E-state index contributed by atoms with van der Waals surface area (Å²) < 4.78 is 0. The van der Waals surface area contributed by atoms with Gasteiger partial charge < -0.3 is 10.2 Å². The standard InChI is InChI=1S/C20H25N3O/c1-16-9-13-23(14-10-16)18-8-12-21-19(15-18)20(24)22-11-7-17-5-3-2-4-6-17/h2-6,8,12,15-16H,7,9-11,13-14H2,1H3,(H,22,24). The van der Waals surface area contributed by atoms with E-state index in [1.54, 1.807) is 6.20 Å². The van der Waals surface area contributed by atoms with Gasteiger partial charge in [-0.25, -0.2) is 0 Å². The number of hydrogen-bond donors (Lipinski definition) is 1. The highest BCUT2D eigenvalue weighted by molar-refractivity contribution is 5.93. The van der Waals surface area contributed by atoms with Gasteiger partial charge in [0.05, 0.1) is 0 Å². The molecule has 126 valence electrons. The van der Waals surface area contributed by atoms with Crippen molar-refractivity contribution in [1.82, 2.24) is 10.3 Å². The first-order valence-electron chi connectivity index (χ1n) is 8.75. The fourth-order valence-electron chi connectivity index (χ4n) is 3.06. The number of rotatable bonds is 5. The van der Waals surface area contributed by atoms with Crippen molar-refractivity contribution in [3.05, 3.63) is 59.9 Å². The number of nitrogens with one attached hydrogen (secondary N) is 1. The van der Waals surface area contributed by atoms with E-state index in [0.29, 0.717) is 12.2 Å². The van der Waals surface area contributed by atoms with Crippen molar-refractivity contribution in [2.75, 3.05) is 24.5 Å². The summed E-state index contributed by atoms with van der Waals surface area (Å²) >= 11 is 0. The van der Waals surface area contributed by atoms with Gasteiger partial charge in [0.25, 0.3) is 5.91 Å². The number of amides is 1. The van der Waals surface area contributed by atoms with Gasteiger partial charge in [0.2, 0.25) is 0 Å². The molecule has 0 bridgehead atoms. The van der Waals surface area contributed by atoms with Crippen molar-refractivity contribution in [1.29, 1.82) is 0 Å². The Hall–Kier alpha value is -2.36. The van der Waals surface area contributed by atoms with Crippen molar-refractivity contribution in [2.45, 2.75) is 26.2 Å². The molecule has 3 rings (SSSR count). The van der Waals surface area contributed by atoms with Crippen LogP contribution in [0, 0.1) is 5.92 Å². The van der Waals surface area contributed by atoms with Crippen LogP contribution in [-0.4, -0.2) is 30.5 Å². The molecule has 1 aliphatic heterocycles. The number of anilines is 1. The van der Waals surface area contributed by atoms with Gasteiger partial charge in [-0.1, -0.05) is 37.3 Å². The fourth-order valence-corrected chi connectivity index (χ4v) is 3.06. The van der Waals surface area contributed by atoms with Crippen LogP contribution in [0.25, 0.3) is 0 Å². The second-order valence-corrected chi connectivity index (χ2v) is 6.56. The summed E-state index contributed by atoms with van der Waals surface area (Å²) in [6, 6.07) is 14.1. The Labute approximate surface area is 143 Å². The zero-order valence-corrected chi connectivity index (χ0v) is 14.2. The largest absolute Gasteiger partial charge is 0.371 e. The molecule has 1 amide bonds. The summed E-state index contributed by atoms with van der Waals surface area (Å²) in [6.07, 6.45) is 4.98. The van der Waals surface area contributed by atoms with Crippen LogP contribution in [0.1, 0.15) is 35.8 Å². The van der Waals surface area contributed by atoms with Crippen molar-refractivity contribution < 1.29 is 4.79 Å². The topological polar surface area (TPSA) is 45.2 Å². The number of benzene rings is 1. The molecular weight excluding hydrogens is 298 g/mol. The summed E-state index contributed by atoms with van der Waals surface area (Å²) in [5.41, 5.74) is 2.83. The first-order valence-corrected chi connectivity index (χ1v) is 8.75. The number of nitrogens with zero attached hydrogens (tertiary/aromatic N) is 2. The highest BCUT2D eigenvalue weighted by atomic mass is 16.1. The second-order valence-electron chi connectivity index (χ2n) is 6.56. The van der Waals surface area contributed by atoms with Gasteiger partial charge in [0.15, 0.2) is 0 Å². The smallest absolute Gasteiger partial charge is 0.269 e. The number of hydrogen-bond acceptors (Lipinski definition) is 3. The third-order valence-electron chi connectivity index (χ3n) is 4.67. The highest BCUT2D eigenvalue weighted by Gasteiger charge is 2.17. The zero-order chi connectivity index (χ0) is 16.8. The maximum atomic E-state index is 12.3. The number of piperidine rings is 1. The Kier molecular flexibility index (Phi) is 5.47. The number of aromatic nitrogens is 1. The quantitative estimate of drug-likeness (QED) is 0.918. The summed E-state index contributed by atoms with van der Waals surface area (Å²) in [5.74, 6) is 0.696. The molecule has 0 radical (unpaired) electrons. The SMILES string of the molecule is CC1CCN(c2ccnc(C(=O)NCCc3ccccc3)c2)CC1. The Bertz CT molecular complexity index is 664. The van der Waals surface area contributed by atoms with E-state index >= 15 is 0 Å². The lowest BCUT2D eigenvalue weighted by Crippen LogP contribution is -2.33. The molecule has 2 aromatic rings. The van der Waals surface area contributed by atoms with Gasteiger partial charge in [-0.2, -0.15) is 0 Å². The first kappa shape index (κ1) is 16.5. The van der Waals surface area contributed by atoms with Crippen LogP contribution < -0.4 is 10.2 Å². The summed E-state index contributed by atoms with van der Waals surface area (Å²) in [5, 5.41) is 2.96. The maximum Gasteiger partial charge on any atom is 0.269 e. The monoisotopic (exact) mass is 323 g/mol. The molecular formula is C20H25N3O. The van der Waals surface area contributed by atoms with E-state index in [-0.39, 0.29) is 5.91 Å². The number of carbonyl (C=O) groups is 1. The molecule has 1 N–H and O–H groups in total. The van der Waals surface area contributed by atoms with Crippen molar-refractivity contribution in [2.24, 2.45) is 5.92 Å². The number of pyridine rings is 1. The van der Waals surface area contributed by atoms with E-state index in [1.807, 2.05) is 30.3 Å². The Morgan fingerprint density at radius 1 is 1.21 bits per heavy atom. The molecule has 0 spiro atoms. The molecule has 4 nitrogen and oxygen atoms in total. The Balaban J connectivity index is 1.56. The fraction of sp³-hybridized carbons (Fsp3) is 0.400. The average Bonchev–Trinajstić information content (AvgIpc) is 2.63. The van der Waals surface area contributed by atoms with Crippen LogP contribution in [0.3, 0.4) is 0 Å². The summed E-state index contributed by atoms with van der Waals surface area (Å²) in [7, 11) is 0. The third-order valence-corrected chi connectivity index (χ3v) is 4.67. The van der Waals surface area contributed by atoms with E-state index in [1.165, 1.54) is 18.4 Å². The molecule has 4 heteroatoms. The second kappa shape index (κ2) is 7.95. The predicted molar refractivity (Wildman–Crippen MR) is 97.3 cm³/mol. The van der Waals surface area contributed by atoms with Crippen molar-refractivity contribution in [3.8, 4) is 0 Å². The van der Waals surface area contributed by atoms with Crippen LogP contribution in [0.2, 0.25) is 0 Å². The molecule has 0 aliphatic carbocycles. The van der Waals surface area contributed by atoms with Gasteiger partial charge in [-0.15, -0.1) is 0 Å². The van der Waals surface area contributed by atoms with E-state index < -0.39 is 0 Å². The van der Waals surface area contributed by atoms with Gasteiger partial charge in [0.1, 0.15) is 5.69 Å². The van der Waals surface area contributed by atoms with Gasteiger partial charge in [0, 0.05) is 31.5 Å². The Morgan fingerprint density at radius 2 is 1.96 bits per heavy atom. The number of carbonyl (C=O) groups excluding carboxylic acids is 1. The zero-order valence-electron chi connectivity index (χ0n) is 14.2. The Morgan fingerprint density at radius 3 is 2.71 bits per heavy atom. The molecule has 1 aromatic carbocycles. The van der Waals surface area contributed by atoms with Crippen LogP contribution >= 0.6 is 0 Å². The lowest BCUT2D eigenvalue weighted by Gasteiger charge is -2.32. The minimum Gasteiger partial charge on any atom is -0.371 e. The van der Waals surface area contributed by atoms with E-state index in [9.17, 15) is 4.79 Å². The lowest BCUT2D eigenvalue weighted by atomic mass is 9.99. The van der Waals surface area contributed by atoms with Crippen molar-refractivity contribution >= 4 is 11.6 Å². The maximum absolute atomic E-state index is 12.3. The molecule has 1 aromatic heterocycles. The normalized spacial score (nSPS) is 15.3. The van der Waals surface area contributed by atoms with Gasteiger partial charge in [-0.3, -0.25) is 9.78 Å². The average molecular weight is 323 g/mol. The molecule has 0 saturated carbocycles. The summed E-state index contributed by atoms with van der Waals surface area (Å²) in [6.45, 7) is 5.03. The molecule has 1 saturated heterocycles. The van der Waals surface area contributed by atoms with Crippen LogP contribution in [-0.2, 0) is 6.42 Å². The van der Waals surface area contributed by atoms with E-state index in [2.05, 4.69) is 34.3 Å². The molecule has 0 unspecified atom stereocenters. The molecule has 0 atom stereocenters. The minimum absolute atomic E-state index is 0.0989. The van der Waals surface area contributed by atoms with Crippen LogP contribution in [0.4, 0.5) is 5.69 Å².